The van der Waals surface area contributed by atoms with Gasteiger partial charge in [0.2, 0.25) is 0 Å². The fraction of sp³-hybridized carbons (Fsp3) is 0.357. The van der Waals surface area contributed by atoms with Gasteiger partial charge in [-0.2, -0.15) is 35.1 Å². The van der Waals surface area contributed by atoms with E-state index in [9.17, 15) is 40.2 Å². The van der Waals surface area contributed by atoms with Crippen LogP contribution in [-0.2, 0) is 25.3 Å². The van der Waals surface area contributed by atoms with Crippen LogP contribution in [0.15, 0.2) is 72.8 Å². The maximum Gasteiger partial charge on any atom is 0.458 e. The molecule has 0 aliphatic heterocycles. The van der Waals surface area contributed by atoms with E-state index < -0.39 is 35.5 Å². The van der Waals surface area contributed by atoms with Gasteiger partial charge in [0, 0.05) is 30.4 Å². The molecule has 11 heteroatoms. The molecule has 0 amide bonds. The molecular weight excluding hydrogens is 534 g/mol. The lowest BCUT2D eigenvalue weighted by molar-refractivity contribution is -0.289. The number of halogens is 8. The summed E-state index contributed by atoms with van der Waals surface area (Å²) in [5, 5.41) is 10.5. The van der Waals surface area contributed by atoms with Crippen LogP contribution in [0.25, 0.3) is 0 Å². The molecular formula is C28H27F8NO2. The lowest BCUT2D eigenvalue weighted by atomic mass is 10.0. The zero-order chi connectivity index (χ0) is 29.0. The second kappa shape index (κ2) is 11.8. The van der Waals surface area contributed by atoms with Gasteiger partial charge in [0.25, 0.3) is 0 Å². The first-order valence-electron chi connectivity index (χ1n) is 11.9. The van der Waals surface area contributed by atoms with Crippen molar-refractivity contribution in [1.82, 2.24) is 0 Å². The Morgan fingerprint density at radius 2 is 1.36 bits per heavy atom. The molecule has 0 saturated heterocycles. The fourth-order valence-corrected chi connectivity index (χ4v) is 3.72. The molecule has 3 nitrogen and oxygen atoms in total. The van der Waals surface area contributed by atoms with Crippen LogP contribution < -0.4 is 9.64 Å². The van der Waals surface area contributed by atoms with Crippen LogP contribution in [0.3, 0.4) is 0 Å². The molecule has 0 radical (unpaired) electrons. The maximum absolute atomic E-state index is 13.9. The quantitative estimate of drug-likeness (QED) is 0.255. The third kappa shape index (κ3) is 7.84. The standard InChI is InChI=1S/C28H27F8NO2/c1-18(2)25(38)16-37(15-19-6-3-8-21(12-19)26(29,30)28(34,35)36)23-10-5-11-24(14-23)39-17-20-7-4-9-22(13-20)27(31,32)33/h3-14,18,25,38H,15-17H2,1-2H3. The summed E-state index contributed by atoms with van der Waals surface area (Å²) in [5.41, 5.74) is -1.11. The Balaban J connectivity index is 1.85. The van der Waals surface area contributed by atoms with Crippen LogP contribution in [0.4, 0.5) is 40.8 Å². The first-order chi connectivity index (χ1) is 18.1. The number of aliphatic hydroxyl groups excluding tert-OH is 1. The highest BCUT2D eigenvalue weighted by Crippen LogP contribution is 2.44. The third-order valence-electron chi connectivity index (χ3n) is 6.04. The van der Waals surface area contributed by atoms with Crippen molar-refractivity contribution >= 4 is 5.69 Å². The van der Waals surface area contributed by atoms with Crippen LogP contribution in [0.2, 0.25) is 0 Å². The molecule has 0 aliphatic carbocycles. The highest BCUT2D eigenvalue weighted by atomic mass is 19.4. The van der Waals surface area contributed by atoms with Crippen molar-refractivity contribution in [2.75, 3.05) is 11.4 Å². The van der Waals surface area contributed by atoms with Crippen molar-refractivity contribution in [2.24, 2.45) is 5.92 Å². The van der Waals surface area contributed by atoms with Gasteiger partial charge in [0.05, 0.1) is 11.7 Å². The summed E-state index contributed by atoms with van der Waals surface area (Å²) in [7, 11) is 0. The second-order valence-corrected chi connectivity index (χ2v) is 9.45. The average molecular weight is 562 g/mol. The third-order valence-corrected chi connectivity index (χ3v) is 6.04. The minimum atomic E-state index is -5.76. The van der Waals surface area contributed by atoms with Crippen LogP contribution in [0, 0.1) is 5.92 Å². The van der Waals surface area contributed by atoms with E-state index in [1.54, 1.807) is 43.0 Å². The fourth-order valence-electron chi connectivity index (χ4n) is 3.72. The summed E-state index contributed by atoms with van der Waals surface area (Å²) >= 11 is 0. The molecule has 1 unspecified atom stereocenters. The van der Waals surface area contributed by atoms with E-state index in [0.717, 1.165) is 24.3 Å². The van der Waals surface area contributed by atoms with E-state index >= 15 is 0 Å². The number of ether oxygens (including phenoxy) is 1. The Morgan fingerprint density at radius 1 is 0.769 bits per heavy atom. The average Bonchev–Trinajstić information content (AvgIpc) is 2.86. The van der Waals surface area contributed by atoms with E-state index in [4.69, 9.17) is 4.74 Å². The highest BCUT2D eigenvalue weighted by molar-refractivity contribution is 5.51. The molecule has 0 aromatic heterocycles. The topological polar surface area (TPSA) is 32.7 Å². The minimum absolute atomic E-state index is 0.0225. The van der Waals surface area contributed by atoms with Crippen molar-refractivity contribution in [2.45, 2.75) is 51.4 Å². The van der Waals surface area contributed by atoms with Crippen molar-refractivity contribution < 1.29 is 45.0 Å². The number of anilines is 1. The lowest BCUT2D eigenvalue weighted by Crippen LogP contribution is -2.35. The van der Waals surface area contributed by atoms with Gasteiger partial charge in [-0.3, -0.25) is 0 Å². The zero-order valence-electron chi connectivity index (χ0n) is 21.0. The first-order valence-corrected chi connectivity index (χ1v) is 11.9. The Bertz CT molecular complexity index is 1240. The lowest BCUT2D eigenvalue weighted by Gasteiger charge is -2.30. The summed E-state index contributed by atoms with van der Waals surface area (Å²) in [6, 6.07) is 15.0. The number of alkyl halides is 8. The Labute approximate surface area is 220 Å². The molecule has 0 saturated carbocycles. The molecule has 0 fully saturated rings. The molecule has 0 heterocycles. The van der Waals surface area contributed by atoms with Gasteiger partial charge in [0.15, 0.2) is 0 Å². The van der Waals surface area contributed by atoms with E-state index in [2.05, 4.69) is 0 Å². The molecule has 1 N–H and O–H groups in total. The highest BCUT2D eigenvalue weighted by Gasteiger charge is 2.58. The van der Waals surface area contributed by atoms with Gasteiger partial charge < -0.3 is 14.7 Å². The monoisotopic (exact) mass is 561 g/mol. The van der Waals surface area contributed by atoms with Crippen molar-refractivity contribution in [1.29, 1.82) is 0 Å². The predicted octanol–water partition coefficient (Wildman–Crippen LogP) is 7.96. The molecule has 1 atom stereocenters. The Kier molecular flexibility index (Phi) is 9.15. The van der Waals surface area contributed by atoms with Gasteiger partial charge in [-0.25, -0.2) is 0 Å². The molecule has 0 bridgehead atoms. The van der Waals surface area contributed by atoms with Gasteiger partial charge in [-0.1, -0.05) is 50.2 Å². The normalized spacial score (nSPS) is 13.4. The van der Waals surface area contributed by atoms with Crippen molar-refractivity contribution in [3.63, 3.8) is 0 Å². The number of nitrogens with zero attached hydrogens (tertiary/aromatic N) is 1. The van der Waals surface area contributed by atoms with Crippen LogP contribution >= 0.6 is 0 Å². The van der Waals surface area contributed by atoms with Gasteiger partial charge in [-0.15, -0.1) is 0 Å². The summed E-state index contributed by atoms with van der Waals surface area (Å²) in [4.78, 5) is 1.60. The molecule has 3 rings (SSSR count). The summed E-state index contributed by atoms with van der Waals surface area (Å²) < 4.78 is 111. The van der Waals surface area contributed by atoms with Gasteiger partial charge >= 0.3 is 18.3 Å². The molecule has 39 heavy (non-hydrogen) atoms. The van der Waals surface area contributed by atoms with E-state index in [0.29, 0.717) is 11.8 Å². The first kappa shape index (κ1) is 30.2. The zero-order valence-corrected chi connectivity index (χ0v) is 21.0. The van der Waals surface area contributed by atoms with E-state index in [-0.39, 0.29) is 42.5 Å². The molecule has 3 aromatic carbocycles. The summed E-state index contributed by atoms with van der Waals surface area (Å²) in [5.74, 6) is -4.94. The van der Waals surface area contributed by atoms with E-state index in [1.165, 1.54) is 18.2 Å². The number of aliphatic hydroxyl groups is 1. The van der Waals surface area contributed by atoms with Crippen molar-refractivity contribution in [3.8, 4) is 5.75 Å². The van der Waals surface area contributed by atoms with Crippen LogP contribution in [0.5, 0.6) is 5.75 Å². The number of rotatable bonds is 10. The number of hydrogen-bond donors (Lipinski definition) is 1. The molecule has 212 valence electrons. The van der Waals surface area contributed by atoms with Gasteiger partial charge in [-0.05, 0) is 47.4 Å². The number of benzene rings is 3. The van der Waals surface area contributed by atoms with Crippen LogP contribution in [0.1, 0.15) is 36.1 Å². The Hall–Kier alpha value is -3.34. The Morgan fingerprint density at radius 3 is 1.97 bits per heavy atom. The second-order valence-electron chi connectivity index (χ2n) is 9.45. The van der Waals surface area contributed by atoms with Crippen LogP contribution in [-0.4, -0.2) is 23.9 Å². The van der Waals surface area contributed by atoms with Crippen molar-refractivity contribution in [3.05, 3.63) is 95.1 Å². The summed E-state index contributed by atoms with van der Waals surface area (Å²) in [6.07, 6.45) is -11.1. The molecule has 0 spiro atoms. The molecule has 0 aliphatic rings. The molecule has 3 aromatic rings. The SMILES string of the molecule is CC(C)C(O)CN(Cc1cccc(C(F)(F)C(F)(F)F)c1)c1cccc(OCc2cccc(C(F)(F)F)c2)c1. The van der Waals surface area contributed by atoms with Gasteiger partial charge in [0.1, 0.15) is 12.4 Å². The minimum Gasteiger partial charge on any atom is -0.489 e. The number of hydrogen-bond acceptors (Lipinski definition) is 3. The smallest absolute Gasteiger partial charge is 0.458 e. The largest absolute Gasteiger partial charge is 0.489 e. The summed E-state index contributed by atoms with van der Waals surface area (Å²) in [6.45, 7) is 3.28. The van der Waals surface area contributed by atoms with E-state index in [1.807, 2.05) is 0 Å². The maximum atomic E-state index is 13.9. The predicted molar refractivity (Wildman–Crippen MR) is 131 cm³/mol.